The highest BCUT2D eigenvalue weighted by Crippen LogP contribution is 2.60. The highest BCUT2D eigenvalue weighted by Gasteiger charge is 2.58. The summed E-state index contributed by atoms with van der Waals surface area (Å²) in [4.78, 5) is 27.0. The predicted octanol–water partition coefficient (Wildman–Crippen LogP) is 5.35. The first-order valence-corrected chi connectivity index (χ1v) is 10.5. The van der Waals surface area contributed by atoms with E-state index in [0.717, 1.165) is 28.0 Å². The second kappa shape index (κ2) is 7.24. The van der Waals surface area contributed by atoms with Crippen LogP contribution in [0.25, 0.3) is 0 Å². The molecule has 3 unspecified atom stereocenters. The van der Waals surface area contributed by atoms with E-state index in [1.807, 2.05) is 60.7 Å². The summed E-state index contributed by atoms with van der Waals surface area (Å²) >= 11 is 0. The number of rotatable bonds is 3. The molecular formula is C27H24O3. The number of carbonyl (C=O) groups is 2. The topological polar surface area (TPSA) is 43.4 Å². The van der Waals surface area contributed by atoms with E-state index in [9.17, 15) is 9.59 Å². The molecule has 0 aromatic heterocycles. The summed E-state index contributed by atoms with van der Waals surface area (Å²) in [7, 11) is 1.64. The van der Waals surface area contributed by atoms with Crippen molar-refractivity contribution in [2.45, 2.75) is 31.1 Å². The Balaban J connectivity index is 1.70. The standard InChI is InChI=1S/C27H24O3/c1-30-22-13-11-19(12-14-22)25-16-21(28)15-24(18-7-3-2-4-8-18)27(25)17-20-9-5-6-10-23(20)26(27)29/h2-14,24-25H,15-17H2,1H3. The average Bonchev–Trinajstić information content (AvgIpc) is 3.09. The highest BCUT2D eigenvalue weighted by molar-refractivity contribution is 6.07. The van der Waals surface area contributed by atoms with Gasteiger partial charge in [-0.25, -0.2) is 0 Å². The van der Waals surface area contributed by atoms with Crippen molar-refractivity contribution in [1.82, 2.24) is 0 Å². The molecule has 3 aromatic rings. The molecule has 0 N–H and O–H groups in total. The van der Waals surface area contributed by atoms with Gasteiger partial charge in [0.2, 0.25) is 0 Å². The molecule has 0 aliphatic heterocycles. The average molecular weight is 396 g/mol. The summed E-state index contributed by atoms with van der Waals surface area (Å²) in [5.74, 6) is 0.886. The van der Waals surface area contributed by atoms with Gasteiger partial charge in [0.15, 0.2) is 5.78 Å². The number of fused-ring (bicyclic) bond motifs is 1. The van der Waals surface area contributed by atoms with Gasteiger partial charge in [-0.2, -0.15) is 0 Å². The van der Waals surface area contributed by atoms with Gasteiger partial charge >= 0.3 is 0 Å². The summed E-state index contributed by atoms with van der Waals surface area (Å²) in [6.07, 6.45) is 1.48. The second-order valence-electron chi connectivity index (χ2n) is 8.44. The van der Waals surface area contributed by atoms with Crippen LogP contribution in [0.15, 0.2) is 78.9 Å². The minimum Gasteiger partial charge on any atom is -0.497 e. The van der Waals surface area contributed by atoms with Crippen molar-refractivity contribution in [2.75, 3.05) is 7.11 Å². The van der Waals surface area contributed by atoms with Crippen molar-refractivity contribution in [3.05, 3.63) is 101 Å². The van der Waals surface area contributed by atoms with Gasteiger partial charge in [0, 0.05) is 30.2 Å². The number of Topliss-reactive ketones (excluding diaryl/α,β-unsaturated/α-hetero) is 2. The molecule has 0 radical (unpaired) electrons. The summed E-state index contributed by atoms with van der Waals surface area (Å²) in [6, 6.07) is 25.9. The van der Waals surface area contributed by atoms with Crippen LogP contribution in [0, 0.1) is 5.41 Å². The van der Waals surface area contributed by atoms with E-state index in [1.54, 1.807) is 7.11 Å². The van der Waals surface area contributed by atoms with Gasteiger partial charge in [0.05, 0.1) is 12.5 Å². The van der Waals surface area contributed by atoms with Gasteiger partial charge in [-0.1, -0.05) is 66.7 Å². The molecule has 5 rings (SSSR count). The van der Waals surface area contributed by atoms with E-state index in [2.05, 4.69) is 18.2 Å². The molecule has 1 saturated carbocycles. The van der Waals surface area contributed by atoms with Crippen molar-refractivity contribution in [3.63, 3.8) is 0 Å². The van der Waals surface area contributed by atoms with Gasteiger partial charge < -0.3 is 4.74 Å². The lowest BCUT2D eigenvalue weighted by Crippen LogP contribution is -2.46. The van der Waals surface area contributed by atoms with E-state index in [0.29, 0.717) is 19.3 Å². The molecule has 1 fully saturated rings. The molecule has 150 valence electrons. The lowest BCUT2D eigenvalue weighted by atomic mass is 9.54. The Hall–Kier alpha value is -3.20. The molecule has 3 aromatic carbocycles. The maximum absolute atomic E-state index is 14.0. The zero-order valence-electron chi connectivity index (χ0n) is 17.0. The fraction of sp³-hybridized carbons (Fsp3) is 0.259. The quantitative estimate of drug-likeness (QED) is 0.599. The number of carbonyl (C=O) groups excluding carboxylic acids is 2. The van der Waals surface area contributed by atoms with Gasteiger partial charge in [-0.05, 0) is 35.2 Å². The third-order valence-corrected chi connectivity index (χ3v) is 7.00. The minimum absolute atomic E-state index is 0.132. The molecule has 0 heterocycles. The lowest BCUT2D eigenvalue weighted by molar-refractivity contribution is -0.123. The van der Waals surface area contributed by atoms with Crippen molar-refractivity contribution in [3.8, 4) is 5.75 Å². The van der Waals surface area contributed by atoms with E-state index >= 15 is 0 Å². The van der Waals surface area contributed by atoms with Crippen LogP contribution < -0.4 is 4.74 Å². The Kier molecular flexibility index (Phi) is 4.54. The Morgan fingerprint density at radius 1 is 0.767 bits per heavy atom. The number of hydrogen-bond donors (Lipinski definition) is 0. The fourth-order valence-electron chi connectivity index (χ4n) is 5.60. The van der Waals surface area contributed by atoms with Gasteiger partial charge in [0.25, 0.3) is 0 Å². The number of ether oxygens (including phenoxy) is 1. The third kappa shape index (κ3) is 2.80. The fourth-order valence-corrected chi connectivity index (χ4v) is 5.60. The number of methoxy groups -OCH3 is 1. The first-order chi connectivity index (χ1) is 14.6. The summed E-state index contributed by atoms with van der Waals surface area (Å²) in [6.45, 7) is 0. The van der Waals surface area contributed by atoms with Gasteiger partial charge in [0.1, 0.15) is 11.5 Å². The number of hydrogen-bond acceptors (Lipinski definition) is 3. The van der Waals surface area contributed by atoms with E-state index in [1.165, 1.54) is 0 Å². The first-order valence-electron chi connectivity index (χ1n) is 10.5. The molecule has 3 atom stereocenters. The van der Waals surface area contributed by atoms with Crippen LogP contribution in [0.1, 0.15) is 51.7 Å². The normalized spacial score (nSPS) is 25.4. The van der Waals surface area contributed by atoms with Crippen LogP contribution in [0.2, 0.25) is 0 Å². The van der Waals surface area contributed by atoms with Crippen molar-refractivity contribution < 1.29 is 14.3 Å². The predicted molar refractivity (Wildman–Crippen MR) is 116 cm³/mol. The van der Waals surface area contributed by atoms with E-state index in [4.69, 9.17) is 4.74 Å². The van der Waals surface area contributed by atoms with Crippen molar-refractivity contribution in [2.24, 2.45) is 5.41 Å². The van der Waals surface area contributed by atoms with E-state index < -0.39 is 5.41 Å². The molecule has 0 bridgehead atoms. The van der Waals surface area contributed by atoms with Gasteiger partial charge in [-0.3, -0.25) is 9.59 Å². The maximum atomic E-state index is 14.0. The molecule has 1 spiro atoms. The number of benzene rings is 3. The Labute approximate surface area is 176 Å². The molecule has 0 saturated heterocycles. The van der Waals surface area contributed by atoms with Crippen LogP contribution >= 0.6 is 0 Å². The van der Waals surface area contributed by atoms with Crippen LogP contribution in [0.5, 0.6) is 5.75 Å². The zero-order valence-corrected chi connectivity index (χ0v) is 17.0. The summed E-state index contributed by atoms with van der Waals surface area (Å²) in [5, 5.41) is 0. The van der Waals surface area contributed by atoms with Gasteiger partial charge in [-0.15, -0.1) is 0 Å². The smallest absolute Gasteiger partial charge is 0.170 e. The molecule has 2 aliphatic rings. The van der Waals surface area contributed by atoms with Crippen LogP contribution in [0.4, 0.5) is 0 Å². The van der Waals surface area contributed by atoms with Crippen LogP contribution in [0.3, 0.4) is 0 Å². The lowest BCUT2D eigenvalue weighted by Gasteiger charge is -2.46. The Bertz CT molecular complexity index is 1100. The molecule has 3 heteroatoms. The van der Waals surface area contributed by atoms with Crippen molar-refractivity contribution in [1.29, 1.82) is 0 Å². The highest BCUT2D eigenvalue weighted by atomic mass is 16.5. The molecule has 3 nitrogen and oxygen atoms in total. The molecular weight excluding hydrogens is 372 g/mol. The van der Waals surface area contributed by atoms with Crippen molar-refractivity contribution >= 4 is 11.6 Å². The Morgan fingerprint density at radius 3 is 2.00 bits per heavy atom. The van der Waals surface area contributed by atoms with Crippen LogP contribution in [-0.4, -0.2) is 18.7 Å². The second-order valence-corrected chi connectivity index (χ2v) is 8.44. The maximum Gasteiger partial charge on any atom is 0.170 e. The largest absolute Gasteiger partial charge is 0.497 e. The van der Waals surface area contributed by atoms with E-state index in [-0.39, 0.29) is 23.4 Å². The minimum atomic E-state index is -0.645. The number of ketones is 2. The van der Waals surface area contributed by atoms with Crippen LogP contribution in [-0.2, 0) is 11.2 Å². The SMILES string of the molecule is COc1ccc(C2CC(=O)CC(c3ccccc3)C23Cc2ccccc2C3=O)cc1. The Morgan fingerprint density at radius 2 is 1.37 bits per heavy atom. The zero-order chi connectivity index (χ0) is 20.7. The molecule has 2 aliphatic carbocycles. The third-order valence-electron chi connectivity index (χ3n) is 7.00. The summed E-state index contributed by atoms with van der Waals surface area (Å²) in [5.41, 5.74) is 3.37. The summed E-state index contributed by atoms with van der Waals surface area (Å²) < 4.78 is 5.32. The monoisotopic (exact) mass is 396 g/mol. The molecule has 0 amide bonds. The molecule has 30 heavy (non-hydrogen) atoms. The first kappa shape index (κ1) is 18.8.